The van der Waals surface area contributed by atoms with E-state index < -0.39 is 12.0 Å². The van der Waals surface area contributed by atoms with Crippen molar-refractivity contribution in [1.29, 1.82) is 0 Å². The van der Waals surface area contributed by atoms with Crippen LogP contribution < -0.4 is 4.90 Å². The molecule has 1 N–H and O–H groups in total. The number of fused-ring (bicyclic) bond motifs is 1. The lowest BCUT2D eigenvalue weighted by Gasteiger charge is -2.39. The summed E-state index contributed by atoms with van der Waals surface area (Å²) in [5.74, 6) is -0.740. The number of aliphatic carboxylic acids is 1. The summed E-state index contributed by atoms with van der Waals surface area (Å²) in [6.45, 7) is 3.22. The molecule has 0 aromatic heterocycles. The van der Waals surface area contributed by atoms with E-state index in [4.69, 9.17) is 0 Å². The third-order valence-corrected chi connectivity index (χ3v) is 5.45. The van der Waals surface area contributed by atoms with Gasteiger partial charge in [0.1, 0.15) is 6.04 Å². The molecule has 1 aliphatic rings. The Labute approximate surface area is 159 Å². The van der Waals surface area contributed by atoms with Gasteiger partial charge in [-0.1, -0.05) is 60.7 Å². The van der Waals surface area contributed by atoms with E-state index >= 15 is 0 Å². The molecule has 0 radical (unpaired) electrons. The van der Waals surface area contributed by atoms with Gasteiger partial charge >= 0.3 is 5.97 Å². The minimum absolute atomic E-state index is 0.492. The van der Waals surface area contributed by atoms with Crippen LogP contribution in [0.3, 0.4) is 0 Å². The van der Waals surface area contributed by atoms with E-state index in [1.807, 2.05) is 36.4 Å². The highest BCUT2D eigenvalue weighted by Crippen LogP contribution is 2.23. The van der Waals surface area contributed by atoms with Gasteiger partial charge in [0.25, 0.3) is 0 Å². The van der Waals surface area contributed by atoms with Crippen molar-refractivity contribution in [2.75, 3.05) is 31.1 Å². The first-order valence-electron chi connectivity index (χ1n) is 9.46. The number of anilines is 1. The average Bonchev–Trinajstić information content (AvgIpc) is 2.73. The third-order valence-electron chi connectivity index (χ3n) is 5.45. The van der Waals surface area contributed by atoms with Crippen molar-refractivity contribution in [1.82, 2.24) is 4.90 Å². The van der Waals surface area contributed by atoms with Gasteiger partial charge in [0, 0.05) is 31.9 Å². The van der Waals surface area contributed by atoms with E-state index in [0.717, 1.165) is 42.5 Å². The molecule has 0 saturated carbocycles. The highest BCUT2D eigenvalue weighted by molar-refractivity contribution is 5.86. The Bertz CT molecular complexity index is 913. The molecule has 1 fully saturated rings. The lowest BCUT2D eigenvalue weighted by Crippen LogP contribution is -2.53. The second-order valence-corrected chi connectivity index (χ2v) is 7.05. The molecule has 138 valence electrons. The van der Waals surface area contributed by atoms with Crippen LogP contribution in [0.4, 0.5) is 5.69 Å². The van der Waals surface area contributed by atoms with Crippen molar-refractivity contribution in [3.05, 3.63) is 78.4 Å². The maximum atomic E-state index is 12.0. The Balaban J connectivity index is 1.50. The van der Waals surface area contributed by atoms with Gasteiger partial charge in [0.15, 0.2) is 0 Å². The molecule has 1 heterocycles. The molecule has 1 aliphatic heterocycles. The van der Waals surface area contributed by atoms with E-state index in [1.165, 1.54) is 5.69 Å². The predicted octanol–water partition coefficient (Wildman–Crippen LogP) is 3.66. The van der Waals surface area contributed by atoms with Crippen LogP contribution in [-0.2, 0) is 11.2 Å². The number of benzene rings is 3. The van der Waals surface area contributed by atoms with Gasteiger partial charge in [0.2, 0.25) is 0 Å². The first kappa shape index (κ1) is 17.6. The minimum Gasteiger partial charge on any atom is -0.480 e. The molecule has 27 heavy (non-hydrogen) atoms. The maximum Gasteiger partial charge on any atom is 0.321 e. The van der Waals surface area contributed by atoms with Gasteiger partial charge in [-0.3, -0.25) is 9.69 Å². The molecule has 4 rings (SSSR count). The summed E-state index contributed by atoms with van der Waals surface area (Å²) in [6.07, 6.45) is 0.530. The number of nitrogens with zero attached hydrogens (tertiary/aromatic N) is 2. The van der Waals surface area contributed by atoms with Gasteiger partial charge < -0.3 is 10.0 Å². The lowest BCUT2D eigenvalue weighted by molar-refractivity contribution is -0.143. The van der Waals surface area contributed by atoms with Crippen molar-refractivity contribution < 1.29 is 9.90 Å². The summed E-state index contributed by atoms with van der Waals surface area (Å²) in [5.41, 5.74) is 2.31. The van der Waals surface area contributed by atoms with E-state index in [2.05, 4.69) is 46.2 Å². The van der Waals surface area contributed by atoms with Gasteiger partial charge in [-0.15, -0.1) is 0 Å². The number of carboxylic acid groups (broad SMARTS) is 1. The minimum atomic E-state index is -0.740. The van der Waals surface area contributed by atoms with E-state index in [9.17, 15) is 9.90 Å². The topological polar surface area (TPSA) is 43.8 Å². The van der Waals surface area contributed by atoms with Crippen molar-refractivity contribution in [3.8, 4) is 0 Å². The summed E-state index contributed by atoms with van der Waals surface area (Å²) in [4.78, 5) is 16.5. The standard InChI is InChI=1S/C23H24N2O2/c26-23(27)22(17-19-9-6-8-18-7-4-5-12-21(18)19)25-15-13-24(14-16-25)20-10-2-1-3-11-20/h1-12,22H,13-17H2,(H,26,27)/t22-/m1/s1. The molecule has 3 aromatic carbocycles. The molecule has 4 heteroatoms. The monoisotopic (exact) mass is 360 g/mol. The summed E-state index contributed by atoms with van der Waals surface area (Å²) < 4.78 is 0. The van der Waals surface area contributed by atoms with Gasteiger partial charge in [-0.05, 0) is 34.9 Å². The normalized spacial score (nSPS) is 16.4. The van der Waals surface area contributed by atoms with Crippen molar-refractivity contribution in [3.63, 3.8) is 0 Å². The molecule has 0 bridgehead atoms. The highest BCUT2D eigenvalue weighted by atomic mass is 16.4. The summed E-state index contributed by atoms with van der Waals surface area (Å²) in [6, 6.07) is 24.2. The number of rotatable bonds is 5. The first-order valence-corrected chi connectivity index (χ1v) is 9.46. The van der Waals surface area contributed by atoms with Crippen molar-refractivity contribution in [2.45, 2.75) is 12.5 Å². The fraction of sp³-hybridized carbons (Fsp3) is 0.261. The summed E-state index contributed by atoms with van der Waals surface area (Å²) in [5, 5.41) is 12.2. The molecular formula is C23H24N2O2. The largest absolute Gasteiger partial charge is 0.480 e. The van der Waals surface area contributed by atoms with Crippen LogP contribution in [0.5, 0.6) is 0 Å². The Morgan fingerprint density at radius 3 is 2.26 bits per heavy atom. The molecule has 0 spiro atoms. The Kier molecular flexibility index (Phi) is 5.07. The van der Waals surface area contributed by atoms with Crippen LogP contribution in [0.25, 0.3) is 10.8 Å². The molecule has 0 amide bonds. The fourth-order valence-electron chi connectivity index (χ4n) is 3.98. The van der Waals surface area contributed by atoms with E-state index in [0.29, 0.717) is 6.42 Å². The van der Waals surface area contributed by atoms with Crippen LogP contribution in [-0.4, -0.2) is 48.2 Å². The van der Waals surface area contributed by atoms with E-state index in [1.54, 1.807) is 0 Å². The number of hydrogen-bond acceptors (Lipinski definition) is 3. The van der Waals surface area contributed by atoms with Gasteiger partial charge in [0.05, 0.1) is 0 Å². The lowest BCUT2D eigenvalue weighted by atomic mass is 9.97. The highest BCUT2D eigenvalue weighted by Gasteiger charge is 2.29. The molecule has 1 saturated heterocycles. The Hall–Kier alpha value is -2.85. The van der Waals surface area contributed by atoms with Gasteiger partial charge in [-0.2, -0.15) is 0 Å². The maximum absolute atomic E-state index is 12.0. The molecule has 4 nitrogen and oxygen atoms in total. The number of para-hydroxylation sites is 1. The average molecular weight is 360 g/mol. The zero-order valence-corrected chi connectivity index (χ0v) is 15.3. The summed E-state index contributed by atoms with van der Waals surface area (Å²) in [7, 11) is 0. The van der Waals surface area contributed by atoms with Crippen LogP contribution in [0, 0.1) is 0 Å². The van der Waals surface area contributed by atoms with Crippen molar-refractivity contribution >= 4 is 22.4 Å². The predicted molar refractivity (Wildman–Crippen MR) is 109 cm³/mol. The second-order valence-electron chi connectivity index (χ2n) is 7.05. The molecular weight excluding hydrogens is 336 g/mol. The Morgan fingerprint density at radius 2 is 1.52 bits per heavy atom. The smallest absolute Gasteiger partial charge is 0.321 e. The van der Waals surface area contributed by atoms with Crippen LogP contribution in [0.1, 0.15) is 5.56 Å². The number of piperazine rings is 1. The van der Waals surface area contributed by atoms with Crippen molar-refractivity contribution in [2.24, 2.45) is 0 Å². The SMILES string of the molecule is O=C(O)[C@@H](Cc1cccc2ccccc12)N1CCN(c2ccccc2)CC1. The third kappa shape index (κ3) is 3.81. The quantitative estimate of drug-likeness (QED) is 0.754. The first-order chi connectivity index (χ1) is 13.2. The Morgan fingerprint density at radius 1 is 0.852 bits per heavy atom. The van der Waals surface area contributed by atoms with Crippen LogP contribution >= 0.6 is 0 Å². The van der Waals surface area contributed by atoms with Gasteiger partial charge in [-0.25, -0.2) is 0 Å². The fourth-order valence-corrected chi connectivity index (χ4v) is 3.98. The molecule has 1 atom stereocenters. The number of hydrogen-bond donors (Lipinski definition) is 1. The molecule has 0 aliphatic carbocycles. The van der Waals surface area contributed by atoms with Crippen LogP contribution in [0.15, 0.2) is 72.8 Å². The second kappa shape index (κ2) is 7.80. The molecule has 0 unspecified atom stereocenters. The zero-order valence-electron chi connectivity index (χ0n) is 15.3. The summed E-state index contributed by atoms with van der Waals surface area (Å²) >= 11 is 0. The number of carbonyl (C=O) groups is 1. The van der Waals surface area contributed by atoms with E-state index in [-0.39, 0.29) is 0 Å². The molecule has 3 aromatic rings. The zero-order chi connectivity index (χ0) is 18.6. The number of carboxylic acids is 1. The van der Waals surface area contributed by atoms with Crippen LogP contribution in [0.2, 0.25) is 0 Å².